The second kappa shape index (κ2) is 5.25. The van der Waals surface area contributed by atoms with E-state index in [4.69, 9.17) is 4.74 Å². The summed E-state index contributed by atoms with van der Waals surface area (Å²) in [7, 11) is 0. The summed E-state index contributed by atoms with van der Waals surface area (Å²) < 4.78 is 5.15. The quantitative estimate of drug-likeness (QED) is 0.786. The fraction of sp³-hybridized carbons (Fsp3) is 0.235. The summed E-state index contributed by atoms with van der Waals surface area (Å²) in [6.07, 6.45) is 13.1. The molecule has 0 amide bonds. The first-order valence-electron chi connectivity index (χ1n) is 6.73. The van der Waals surface area contributed by atoms with Gasteiger partial charge in [0.1, 0.15) is 0 Å². The number of hydrogen-bond acceptors (Lipinski definition) is 3. The molecule has 3 rings (SSSR count). The van der Waals surface area contributed by atoms with E-state index in [9.17, 15) is 4.79 Å². The van der Waals surface area contributed by atoms with E-state index in [1.807, 2.05) is 25.2 Å². The van der Waals surface area contributed by atoms with Crippen LogP contribution in [0.15, 0.2) is 64.4 Å². The monoisotopic (exact) mass is 284 g/mol. The second-order valence-corrected chi connectivity index (χ2v) is 5.66. The number of rotatable bonds is 3. The maximum Gasteiger partial charge on any atom is 0.334 e. The Bertz CT molecular complexity index is 632. The highest BCUT2D eigenvalue weighted by Gasteiger charge is 2.39. The predicted octanol–water partition coefficient (Wildman–Crippen LogP) is 3.93. The summed E-state index contributed by atoms with van der Waals surface area (Å²) >= 11 is 1.68. The molecule has 2 aliphatic carbocycles. The number of ether oxygens (including phenoxy) is 1. The van der Waals surface area contributed by atoms with Crippen molar-refractivity contribution in [1.82, 2.24) is 0 Å². The minimum atomic E-state index is -0.286. The van der Waals surface area contributed by atoms with Crippen molar-refractivity contribution in [2.45, 2.75) is 18.8 Å². The molecule has 0 spiro atoms. The zero-order chi connectivity index (χ0) is 14.0. The maximum atomic E-state index is 12.0. The Morgan fingerprint density at radius 3 is 3.05 bits per heavy atom. The van der Waals surface area contributed by atoms with Crippen LogP contribution in [-0.4, -0.2) is 12.6 Å². The predicted molar refractivity (Wildman–Crippen MR) is 81.7 cm³/mol. The summed E-state index contributed by atoms with van der Waals surface area (Å²) in [5.41, 5.74) is 2.91. The van der Waals surface area contributed by atoms with Crippen molar-refractivity contribution in [3.63, 3.8) is 0 Å². The summed E-state index contributed by atoms with van der Waals surface area (Å²) in [5.74, 6) is -0.201. The smallest absolute Gasteiger partial charge is 0.334 e. The van der Waals surface area contributed by atoms with Gasteiger partial charge < -0.3 is 4.74 Å². The van der Waals surface area contributed by atoms with E-state index < -0.39 is 0 Å². The van der Waals surface area contributed by atoms with Crippen molar-refractivity contribution in [2.24, 2.45) is 0 Å². The molecule has 1 aromatic heterocycles. The average Bonchev–Trinajstić information content (AvgIpc) is 3.05. The van der Waals surface area contributed by atoms with E-state index in [1.165, 1.54) is 11.1 Å². The van der Waals surface area contributed by atoms with Gasteiger partial charge in [0.05, 0.1) is 12.0 Å². The van der Waals surface area contributed by atoms with Crippen LogP contribution in [0.25, 0.3) is 0 Å². The van der Waals surface area contributed by atoms with Crippen molar-refractivity contribution in [2.75, 3.05) is 6.61 Å². The number of carbonyl (C=O) groups excluding carboxylic acids is 1. The number of hydrogen-bond donors (Lipinski definition) is 0. The van der Waals surface area contributed by atoms with Crippen LogP contribution < -0.4 is 0 Å². The fourth-order valence-electron chi connectivity index (χ4n) is 2.78. The van der Waals surface area contributed by atoms with E-state index >= 15 is 0 Å². The van der Waals surface area contributed by atoms with Gasteiger partial charge in [-0.15, -0.1) is 0 Å². The molecule has 1 heterocycles. The molecule has 0 unspecified atom stereocenters. The Labute approximate surface area is 122 Å². The van der Waals surface area contributed by atoms with Gasteiger partial charge in [0.2, 0.25) is 0 Å². The van der Waals surface area contributed by atoms with Crippen LogP contribution in [0.5, 0.6) is 0 Å². The molecule has 0 aliphatic heterocycles. The van der Waals surface area contributed by atoms with E-state index in [0.717, 1.165) is 5.57 Å². The van der Waals surface area contributed by atoms with Gasteiger partial charge in [0.25, 0.3) is 0 Å². The minimum absolute atomic E-state index is 0.201. The number of fused-ring (bicyclic) bond motifs is 1. The maximum absolute atomic E-state index is 12.0. The standard InChI is InChI=1S/C17H16O2S/c1-2-19-16(18)13-10-14-6-4-3-5-8-17(14,11-13)15-7-9-20-12-15/h3-9,11-12H,2,10H2,1H3/t17-/m0/s1. The van der Waals surface area contributed by atoms with E-state index in [1.54, 1.807) is 11.3 Å². The van der Waals surface area contributed by atoms with Crippen molar-refractivity contribution < 1.29 is 9.53 Å². The third-order valence-corrected chi connectivity index (χ3v) is 4.41. The second-order valence-electron chi connectivity index (χ2n) is 4.88. The lowest BCUT2D eigenvalue weighted by Gasteiger charge is -2.24. The first-order chi connectivity index (χ1) is 9.76. The number of carbonyl (C=O) groups is 1. The topological polar surface area (TPSA) is 26.3 Å². The molecule has 102 valence electrons. The lowest BCUT2D eigenvalue weighted by Crippen LogP contribution is -2.19. The largest absolute Gasteiger partial charge is 0.463 e. The highest BCUT2D eigenvalue weighted by molar-refractivity contribution is 7.08. The Balaban J connectivity index is 2.08. The van der Waals surface area contributed by atoms with E-state index in [-0.39, 0.29) is 11.4 Å². The molecule has 3 heteroatoms. The van der Waals surface area contributed by atoms with Gasteiger partial charge >= 0.3 is 5.97 Å². The summed E-state index contributed by atoms with van der Waals surface area (Å²) in [5, 5.41) is 4.22. The van der Waals surface area contributed by atoms with Crippen LogP contribution in [0.4, 0.5) is 0 Å². The molecule has 0 N–H and O–H groups in total. The molecule has 0 aromatic carbocycles. The highest BCUT2D eigenvalue weighted by atomic mass is 32.1. The van der Waals surface area contributed by atoms with E-state index in [0.29, 0.717) is 13.0 Å². The molecule has 1 aromatic rings. The van der Waals surface area contributed by atoms with Crippen molar-refractivity contribution >= 4 is 17.3 Å². The summed E-state index contributed by atoms with van der Waals surface area (Å²) in [6.45, 7) is 2.25. The molecular formula is C17H16O2S. The lowest BCUT2D eigenvalue weighted by atomic mass is 9.78. The van der Waals surface area contributed by atoms with Gasteiger partial charge in [-0.1, -0.05) is 36.5 Å². The van der Waals surface area contributed by atoms with E-state index in [2.05, 4.69) is 35.1 Å². The Kier molecular flexibility index (Phi) is 3.45. The lowest BCUT2D eigenvalue weighted by molar-refractivity contribution is -0.138. The Hall–Kier alpha value is -1.87. The summed E-state index contributed by atoms with van der Waals surface area (Å²) in [4.78, 5) is 12.0. The first kappa shape index (κ1) is 13.1. The molecule has 20 heavy (non-hydrogen) atoms. The molecular weight excluding hydrogens is 268 g/mol. The number of allylic oxidation sites excluding steroid dienone is 7. The van der Waals surface area contributed by atoms with Gasteiger partial charge in [0, 0.05) is 12.0 Å². The SMILES string of the molecule is CCOC(=O)C1=C[C@@]2(c3ccsc3)C=CC=CC=C2C1. The number of esters is 1. The normalized spacial score (nSPS) is 23.9. The van der Waals surface area contributed by atoms with Crippen molar-refractivity contribution in [3.8, 4) is 0 Å². The van der Waals surface area contributed by atoms with Gasteiger partial charge in [-0.25, -0.2) is 4.79 Å². The fourth-order valence-corrected chi connectivity index (χ4v) is 3.51. The zero-order valence-electron chi connectivity index (χ0n) is 11.3. The van der Waals surface area contributed by atoms with Crippen LogP contribution in [-0.2, 0) is 14.9 Å². The van der Waals surface area contributed by atoms with Crippen LogP contribution >= 0.6 is 11.3 Å². The van der Waals surface area contributed by atoms with Crippen molar-refractivity contribution in [3.05, 3.63) is 70.0 Å². The molecule has 0 fully saturated rings. The first-order valence-corrected chi connectivity index (χ1v) is 7.67. The van der Waals surface area contributed by atoms with Gasteiger partial charge in [0.15, 0.2) is 0 Å². The Morgan fingerprint density at radius 2 is 2.30 bits per heavy atom. The third-order valence-electron chi connectivity index (χ3n) is 3.73. The summed E-state index contributed by atoms with van der Waals surface area (Å²) in [6, 6.07) is 2.12. The highest BCUT2D eigenvalue weighted by Crippen LogP contribution is 2.46. The van der Waals surface area contributed by atoms with Gasteiger partial charge in [-0.05, 0) is 34.9 Å². The third kappa shape index (κ3) is 2.08. The van der Waals surface area contributed by atoms with Crippen LogP contribution in [0.3, 0.4) is 0 Å². The molecule has 0 bridgehead atoms. The molecule has 0 saturated heterocycles. The Morgan fingerprint density at radius 1 is 1.40 bits per heavy atom. The zero-order valence-corrected chi connectivity index (χ0v) is 12.2. The average molecular weight is 284 g/mol. The van der Waals surface area contributed by atoms with Crippen LogP contribution in [0.1, 0.15) is 18.9 Å². The molecule has 2 nitrogen and oxygen atoms in total. The molecule has 0 saturated carbocycles. The van der Waals surface area contributed by atoms with Gasteiger partial charge in [-0.2, -0.15) is 11.3 Å². The number of thiophene rings is 1. The van der Waals surface area contributed by atoms with Crippen LogP contribution in [0, 0.1) is 0 Å². The van der Waals surface area contributed by atoms with Crippen LogP contribution in [0.2, 0.25) is 0 Å². The molecule has 2 aliphatic rings. The van der Waals surface area contributed by atoms with Crippen molar-refractivity contribution in [1.29, 1.82) is 0 Å². The molecule has 0 radical (unpaired) electrons. The minimum Gasteiger partial charge on any atom is -0.463 e. The van der Waals surface area contributed by atoms with Gasteiger partial charge in [-0.3, -0.25) is 0 Å². The molecule has 1 atom stereocenters.